The van der Waals surface area contributed by atoms with Crippen molar-refractivity contribution in [3.8, 4) is 0 Å². The standard InChI is InChI=1S/C20H18ClF3N2O3/c1-11-3-2-4-12(9-11)17(19(29)7-5-13(27)10-19)26-18(28)16-15(21)14(6-8-25-16)20(22,23)24/h2-4,6,8-9,17,29H,5,7,10H2,1H3,(H,26,28). The third kappa shape index (κ3) is 4.43. The fourth-order valence-electron chi connectivity index (χ4n) is 3.52. The van der Waals surface area contributed by atoms with Crippen LogP contribution in [0.15, 0.2) is 36.5 Å². The molecule has 1 fully saturated rings. The minimum absolute atomic E-state index is 0.120. The average molecular weight is 427 g/mol. The lowest BCUT2D eigenvalue weighted by atomic mass is 9.86. The predicted octanol–water partition coefficient (Wildman–Crippen LogP) is 4.02. The van der Waals surface area contributed by atoms with Crippen molar-refractivity contribution in [2.45, 2.75) is 44.0 Å². The van der Waals surface area contributed by atoms with Gasteiger partial charge >= 0.3 is 6.18 Å². The number of rotatable bonds is 4. The van der Waals surface area contributed by atoms with Crippen LogP contribution in [-0.2, 0) is 11.0 Å². The molecule has 0 bridgehead atoms. The van der Waals surface area contributed by atoms with Crippen molar-refractivity contribution in [1.82, 2.24) is 10.3 Å². The summed E-state index contributed by atoms with van der Waals surface area (Å²) in [4.78, 5) is 28.3. The van der Waals surface area contributed by atoms with Gasteiger partial charge in [0.05, 0.1) is 22.2 Å². The van der Waals surface area contributed by atoms with Gasteiger partial charge in [0.2, 0.25) is 0 Å². The summed E-state index contributed by atoms with van der Waals surface area (Å²) in [6.07, 6.45) is -3.80. The molecule has 154 valence electrons. The van der Waals surface area contributed by atoms with Gasteiger partial charge in [-0.3, -0.25) is 9.59 Å². The number of nitrogens with one attached hydrogen (secondary N) is 1. The highest BCUT2D eigenvalue weighted by molar-refractivity contribution is 6.34. The molecule has 9 heteroatoms. The molecule has 1 aliphatic rings. The largest absolute Gasteiger partial charge is 0.417 e. The minimum Gasteiger partial charge on any atom is -0.387 e. The molecule has 1 amide bonds. The van der Waals surface area contributed by atoms with E-state index in [0.29, 0.717) is 11.6 Å². The van der Waals surface area contributed by atoms with Gasteiger partial charge in [0, 0.05) is 19.0 Å². The van der Waals surface area contributed by atoms with E-state index >= 15 is 0 Å². The molecule has 1 aromatic carbocycles. The van der Waals surface area contributed by atoms with Crippen LogP contribution >= 0.6 is 11.6 Å². The van der Waals surface area contributed by atoms with Crippen LogP contribution in [0.25, 0.3) is 0 Å². The number of alkyl halides is 3. The van der Waals surface area contributed by atoms with E-state index in [1.54, 1.807) is 18.2 Å². The number of benzene rings is 1. The second kappa shape index (κ2) is 7.76. The van der Waals surface area contributed by atoms with E-state index < -0.39 is 40.0 Å². The molecule has 0 aliphatic heterocycles. The molecule has 29 heavy (non-hydrogen) atoms. The van der Waals surface area contributed by atoms with Crippen molar-refractivity contribution in [2.75, 3.05) is 0 Å². The Labute approximate surface area is 169 Å². The van der Waals surface area contributed by atoms with Gasteiger partial charge in [-0.2, -0.15) is 13.2 Å². The topological polar surface area (TPSA) is 79.3 Å². The van der Waals surface area contributed by atoms with Gasteiger partial charge in [-0.15, -0.1) is 0 Å². The molecule has 0 spiro atoms. The SMILES string of the molecule is Cc1cccc(C(NC(=O)c2nccc(C(F)(F)F)c2Cl)C2(O)CCC(=O)C2)c1. The molecule has 1 saturated carbocycles. The highest BCUT2D eigenvalue weighted by Crippen LogP contribution is 2.39. The number of aryl methyl sites for hydroxylation is 1. The zero-order chi connectivity index (χ0) is 21.4. The van der Waals surface area contributed by atoms with Crippen molar-refractivity contribution in [3.05, 3.63) is 63.9 Å². The summed E-state index contributed by atoms with van der Waals surface area (Å²) in [5.74, 6) is -1.13. The number of amides is 1. The Morgan fingerprint density at radius 1 is 1.34 bits per heavy atom. The lowest BCUT2D eigenvalue weighted by Gasteiger charge is -2.33. The van der Waals surface area contributed by atoms with E-state index in [1.165, 1.54) is 0 Å². The number of aliphatic hydroxyl groups is 1. The molecule has 5 nitrogen and oxygen atoms in total. The summed E-state index contributed by atoms with van der Waals surface area (Å²) in [6.45, 7) is 1.82. The van der Waals surface area contributed by atoms with E-state index in [2.05, 4.69) is 10.3 Å². The lowest BCUT2D eigenvalue weighted by molar-refractivity contribution is -0.137. The lowest BCUT2D eigenvalue weighted by Crippen LogP contribution is -2.45. The number of Topliss-reactive ketones (excluding diaryl/α,β-unsaturated/α-hetero) is 1. The first-order chi connectivity index (χ1) is 13.5. The smallest absolute Gasteiger partial charge is 0.387 e. The molecule has 3 rings (SSSR count). The molecule has 2 unspecified atom stereocenters. The van der Waals surface area contributed by atoms with Crippen LogP contribution in [-0.4, -0.2) is 27.4 Å². The third-order valence-corrected chi connectivity index (χ3v) is 5.32. The number of pyridine rings is 1. The number of carbonyl (C=O) groups is 2. The number of halogens is 4. The Morgan fingerprint density at radius 2 is 2.07 bits per heavy atom. The third-order valence-electron chi connectivity index (χ3n) is 4.94. The summed E-state index contributed by atoms with van der Waals surface area (Å²) < 4.78 is 39.3. The number of ketones is 1. The summed E-state index contributed by atoms with van der Waals surface area (Å²) in [5.41, 5.74) is -1.97. The Bertz CT molecular complexity index is 964. The monoisotopic (exact) mass is 426 g/mol. The minimum atomic E-state index is -4.75. The molecule has 1 aromatic heterocycles. The van der Waals surface area contributed by atoms with Crippen LogP contribution in [0.1, 0.15) is 52.5 Å². The molecule has 2 aromatic rings. The molecule has 0 radical (unpaired) electrons. The van der Waals surface area contributed by atoms with Crippen LogP contribution in [0, 0.1) is 6.92 Å². The highest BCUT2D eigenvalue weighted by atomic mass is 35.5. The van der Waals surface area contributed by atoms with E-state index in [4.69, 9.17) is 11.6 Å². The second-order valence-corrected chi connectivity index (χ2v) is 7.54. The summed E-state index contributed by atoms with van der Waals surface area (Å²) in [6, 6.07) is 6.60. The Hall–Kier alpha value is -2.45. The average Bonchev–Trinajstić information content (AvgIpc) is 2.98. The zero-order valence-electron chi connectivity index (χ0n) is 15.4. The van der Waals surface area contributed by atoms with Crippen molar-refractivity contribution >= 4 is 23.3 Å². The number of carbonyl (C=O) groups excluding carboxylic acids is 2. The van der Waals surface area contributed by atoms with E-state index in [1.807, 2.05) is 13.0 Å². The Morgan fingerprint density at radius 3 is 2.66 bits per heavy atom. The molecule has 2 atom stereocenters. The van der Waals surface area contributed by atoms with Gasteiger partial charge in [-0.05, 0) is 25.0 Å². The normalized spacial score (nSPS) is 20.6. The van der Waals surface area contributed by atoms with Crippen LogP contribution in [0.2, 0.25) is 5.02 Å². The van der Waals surface area contributed by atoms with Gasteiger partial charge in [0.15, 0.2) is 0 Å². The Balaban J connectivity index is 1.99. The maximum atomic E-state index is 13.1. The fourth-order valence-corrected chi connectivity index (χ4v) is 3.82. The fraction of sp³-hybridized carbons (Fsp3) is 0.350. The molecule has 1 aliphatic carbocycles. The first-order valence-electron chi connectivity index (χ1n) is 8.84. The van der Waals surface area contributed by atoms with Crippen LogP contribution < -0.4 is 5.32 Å². The number of nitrogens with zero attached hydrogens (tertiary/aromatic N) is 1. The van der Waals surface area contributed by atoms with Crippen LogP contribution in [0.5, 0.6) is 0 Å². The van der Waals surface area contributed by atoms with Gasteiger partial charge in [0.1, 0.15) is 11.5 Å². The quantitative estimate of drug-likeness (QED) is 0.774. The highest BCUT2D eigenvalue weighted by Gasteiger charge is 2.45. The first-order valence-corrected chi connectivity index (χ1v) is 9.22. The maximum Gasteiger partial charge on any atom is 0.417 e. The second-order valence-electron chi connectivity index (χ2n) is 7.16. The van der Waals surface area contributed by atoms with Crippen LogP contribution in [0.4, 0.5) is 13.2 Å². The zero-order valence-corrected chi connectivity index (χ0v) is 16.1. The summed E-state index contributed by atoms with van der Waals surface area (Å²) in [7, 11) is 0. The van der Waals surface area contributed by atoms with Crippen molar-refractivity contribution in [2.24, 2.45) is 0 Å². The van der Waals surface area contributed by atoms with Crippen molar-refractivity contribution < 1.29 is 27.9 Å². The van der Waals surface area contributed by atoms with Crippen LogP contribution in [0.3, 0.4) is 0 Å². The van der Waals surface area contributed by atoms with Crippen molar-refractivity contribution in [3.63, 3.8) is 0 Å². The van der Waals surface area contributed by atoms with Gasteiger partial charge < -0.3 is 10.4 Å². The molecule has 0 saturated heterocycles. The molecular weight excluding hydrogens is 409 g/mol. The van der Waals surface area contributed by atoms with Gasteiger partial charge in [-0.1, -0.05) is 41.4 Å². The van der Waals surface area contributed by atoms with E-state index in [-0.39, 0.29) is 25.0 Å². The summed E-state index contributed by atoms with van der Waals surface area (Å²) >= 11 is 5.80. The van der Waals surface area contributed by atoms with Gasteiger partial charge in [-0.25, -0.2) is 4.98 Å². The predicted molar refractivity (Wildman–Crippen MR) is 99.4 cm³/mol. The van der Waals surface area contributed by atoms with E-state index in [9.17, 15) is 27.9 Å². The summed E-state index contributed by atoms with van der Waals surface area (Å²) in [5, 5.41) is 12.8. The molecule has 2 N–H and O–H groups in total. The molecule has 1 heterocycles. The number of hydrogen-bond acceptors (Lipinski definition) is 4. The number of hydrogen-bond donors (Lipinski definition) is 2. The Kier molecular flexibility index (Phi) is 5.69. The van der Waals surface area contributed by atoms with Crippen molar-refractivity contribution in [1.29, 1.82) is 0 Å². The maximum absolute atomic E-state index is 13.1. The van der Waals surface area contributed by atoms with E-state index in [0.717, 1.165) is 11.8 Å². The molecular formula is C20H18ClF3N2O3. The first kappa shape index (κ1) is 21.3. The van der Waals surface area contributed by atoms with Gasteiger partial charge in [0.25, 0.3) is 5.91 Å². The number of aromatic nitrogens is 1.